The van der Waals surface area contributed by atoms with Gasteiger partial charge in [-0.15, -0.1) is 0 Å². The minimum Gasteiger partial charge on any atom is -0.465 e. The van der Waals surface area contributed by atoms with Gasteiger partial charge in [0.05, 0.1) is 23.6 Å². The second-order valence-electron chi connectivity index (χ2n) is 6.62. The molecule has 0 aliphatic heterocycles. The minimum absolute atomic E-state index is 0.145. The molecule has 0 saturated heterocycles. The van der Waals surface area contributed by atoms with Crippen LogP contribution in [-0.4, -0.2) is 30.9 Å². The van der Waals surface area contributed by atoms with Crippen molar-refractivity contribution in [2.24, 2.45) is 7.05 Å². The fraction of sp³-hybridized carbons (Fsp3) is 0.263. The highest BCUT2D eigenvalue weighted by Crippen LogP contribution is 2.33. The Morgan fingerprint density at radius 1 is 1.30 bits per heavy atom. The lowest BCUT2D eigenvalue weighted by atomic mass is 9.86. The number of carbonyl (C=O) groups is 1. The van der Waals surface area contributed by atoms with Gasteiger partial charge in [0.15, 0.2) is 0 Å². The topological polar surface area (TPSA) is 105 Å². The zero-order valence-electron chi connectivity index (χ0n) is 14.9. The molecule has 0 bridgehead atoms. The molecule has 3 N–H and O–H groups in total. The summed E-state index contributed by atoms with van der Waals surface area (Å²) < 4.78 is 1.72. The number of hydrogen-bond donors (Lipinski definition) is 3. The molecule has 2 aromatic heterocycles. The van der Waals surface area contributed by atoms with Gasteiger partial charge in [-0.2, -0.15) is 5.10 Å². The third-order valence-corrected chi connectivity index (χ3v) is 4.70. The molecule has 8 heteroatoms. The Hall–Kier alpha value is -3.42. The fourth-order valence-electron chi connectivity index (χ4n) is 3.49. The number of hydrogen-bond acceptors (Lipinski definition) is 5. The SMILES string of the molecule is Cn1cc(Nc2cc(-c3ccc4c(c3)CCCC4NC(=O)O)ncn2)cn1. The molecule has 3 aromatic rings. The van der Waals surface area contributed by atoms with Gasteiger partial charge >= 0.3 is 6.09 Å². The molecule has 1 amide bonds. The molecule has 4 rings (SSSR count). The van der Waals surface area contributed by atoms with E-state index in [1.165, 1.54) is 6.33 Å². The molecule has 1 unspecified atom stereocenters. The van der Waals surface area contributed by atoms with Crippen LogP contribution in [0.5, 0.6) is 0 Å². The molecule has 0 spiro atoms. The van der Waals surface area contributed by atoms with Crippen LogP contribution >= 0.6 is 0 Å². The average Bonchev–Trinajstić information content (AvgIpc) is 3.06. The third kappa shape index (κ3) is 3.74. The first-order valence-corrected chi connectivity index (χ1v) is 8.79. The first-order chi connectivity index (χ1) is 13.1. The Kier molecular flexibility index (Phi) is 4.45. The van der Waals surface area contributed by atoms with Crippen LogP contribution in [0.1, 0.15) is 30.0 Å². The van der Waals surface area contributed by atoms with Crippen molar-refractivity contribution < 1.29 is 9.90 Å². The number of fused-ring (bicyclic) bond motifs is 1. The van der Waals surface area contributed by atoms with Gasteiger partial charge in [-0.3, -0.25) is 4.68 Å². The van der Waals surface area contributed by atoms with Gasteiger partial charge in [0.25, 0.3) is 0 Å². The Bertz CT molecular complexity index is 984. The summed E-state index contributed by atoms with van der Waals surface area (Å²) in [4.78, 5) is 19.7. The fourth-order valence-corrected chi connectivity index (χ4v) is 3.49. The van der Waals surface area contributed by atoms with Crippen molar-refractivity contribution in [1.82, 2.24) is 25.1 Å². The summed E-state index contributed by atoms with van der Waals surface area (Å²) in [5.74, 6) is 0.691. The summed E-state index contributed by atoms with van der Waals surface area (Å²) in [6.45, 7) is 0. The third-order valence-electron chi connectivity index (χ3n) is 4.70. The number of benzene rings is 1. The highest BCUT2D eigenvalue weighted by molar-refractivity contribution is 5.68. The second kappa shape index (κ2) is 7.06. The predicted molar refractivity (Wildman–Crippen MR) is 101 cm³/mol. The molecule has 2 heterocycles. The van der Waals surface area contributed by atoms with E-state index in [-0.39, 0.29) is 6.04 Å². The molecule has 1 aliphatic rings. The molecule has 8 nitrogen and oxygen atoms in total. The number of amides is 1. The van der Waals surface area contributed by atoms with Gasteiger partial charge in [0.1, 0.15) is 12.1 Å². The van der Waals surface area contributed by atoms with E-state index in [0.29, 0.717) is 5.82 Å². The maximum absolute atomic E-state index is 11.0. The predicted octanol–water partition coefficient (Wildman–Crippen LogP) is 3.27. The second-order valence-corrected chi connectivity index (χ2v) is 6.62. The number of carboxylic acid groups (broad SMARTS) is 1. The van der Waals surface area contributed by atoms with Gasteiger partial charge in [-0.1, -0.05) is 12.1 Å². The van der Waals surface area contributed by atoms with E-state index in [0.717, 1.165) is 47.3 Å². The molecular weight excluding hydrogens is 344 g/mol. The largest absolute Gasteiger partial charge is 0.465 e. The summed E-state index contributed by atoms with van der Waals surface area (Å²) in [7, 11) is 1.86. The molecule has 1 atom stereocenters. The Morgan fingerprint density at radius 2 is 2.19 bits per heavy atom. The molecule has 138 valence electrons. The van der Waals surface area contributed by atoms with Crippen LogP contribution in [0.3, 0.4) is 0 Å². The number of anilines is 2. The maximum Gasteiger partial charge on any atom is 0.405 e. The number of aryl methyl sites for hydroxylation is 2. The van der Waals surface area contributed by atoms with Crippen molar-refractivity contribution in [3.63, 3.8) is 0 Å². The van der Waals surface area contributed by atoms with Gasteiger partial charge in [-0.05, 0) is 36.5 Å². The van der Waals surface area contributed by atoms with Crippen molar-refractivity contribution in [3.8, 4) is 11.3 Å². The van der Waals surface area contributed by atoms with Crippen LogP contribution in [0.2, 0.25) is 0 Å². The summed E-state index contributed by atoms with van der Waals surface area (Å²) in [5, 5.41) is 19.0. The van der Waals surface area contributed by atoms with Crippen molar-refractivity contribution >= 4 is 17.6 Å². The van der Waals surface area contributed by atoms with Gasteiger partial charge in [0, 0.05) is 24.9 Å². The summed E-state index contributed by atoms with van der Waals surface area (Å²) in [6, 6.07) is 7.83. The number of nitrogens with one attached hydrogen (secondary N) is 2. The standard InChI is InChI=1S/C19H20N6O2/c1-25-10-14(9-22-25)23-18-8-17(20-11-21-18)13-5-6-15-12(7-13)3-2-4-16(15)24-19(26)27/h5-11,16,24H,2-4H2,1H3,(H,26,27)(H,20,21,23). The van der Waals surface area contributed by atoms with Crippen LogP contribution in [0, 0.1) is 0 Å². The van der Waals surface area contributed by atoms with Gasteiger partial charge in [0.2, 0.25) is 0 Å². The van der Waals surface area contributed by atoms with E-state index in [4.69, 9.17) is 5.11 Å². The minimum atomic E-state index is -0.987. The Balaban J connectivity index is 1.60. The van der Waals surface area contributed by atoms with E-state index >= 15 is 0 Å². The van der Waals surface area contributed by atoms with Crippen molar-refractivity contribution in [1.29, 1.82) is 0 Å². The summed E-state index contributed by atoms with van der Waals surface area (Å²) in [6.07, 6.45) is 6.87. The molecule has 1 aliphatic carbocycles. The maximum atomic E-state index is 11.0. The summed E-state index contributed by atoms with van der Waals surface area (Å²) >= 11 is 0. The number of rotatable bonds is 4. The Labute approximate surface area is 156 Å². The number of aromatic nitrogens is 4. The normalized spacial score (nSPS) is 15.8. The number of nitrogens with zero attached hydrogens (tertiary/aromatic N) is 4. The Morgan fingerprint density at radius 3 is 2.96 bits per heavy atom. The van der Waals surface area contributed by atoms with E-state index in [1.54, 1.807) is 10.9 Å². The van der Waals surface area contributed by atoms with E-state index in [1.807, 2.05) is 31.4 Å². The van der Waals surface area contributed by atoms with Gasteiger partial charge < -0.3 is 15.7 Å². The van der Waals surface area contributed by atoms with Crippen LogP contribution < -0.4 is 10.6 Å². The molecule has 1 aromatic carbocycles. The van der Waals surface area contributed by atoms with Crippen molar-refractivity contribution in [2.75, 3.05) is 5.32 Å². The lowest BCUT2D eigenvalue weighted by Crippen LogP contribution is -2.29. The quantitative estimate of drug-likeness (QED) is 0.656. The molecular formula is C19H20N6O2. The lowest BCUT2D eigenvalue weighted by Gasteiger charge is -2.25. The zero-order valence-corrected chi connectivity index (χ0v) is 14.9. The van der Waals surface area contributed by atoms with E-state index in [2.05, 4.69) is 31.8 Å². The first kappa shape index (κ1) is 17.0. The highest BCUT2D eigenvalue weighted by Gasteiger charge is 2.22. The average molecular weight is 364 g/mol. The van der Waals surface area contributed by atoms with Gasteiger partial charge in [-0.25, -0.2) is 14.8 Å². The molecule has 0 radical (unpaired) electrons. The van der Waals surface area contributed by atoms with E-state index < -0.39 is 6.09 Å². The summed E-state index contributed by atoms with van der Waals surface area (Å²) in [5.41, 5.74) is 4.87. The zero-order chi connectivity index (χ0) is 18.8. The van der Waals surface area contributed by atoms with Crippen LogP contribution in [0.4, 0.5) is 16.3 Å². The van der Waals surface area contributed by atoms with Crippen LogP contribution in [-0.2, 0) is 13.5 Å². The smallest absolute Gasteiger partial charge is 0.405 e. The molecule has 0 fully saturated rings. The van der Waals surface area contributed by atoms with Crippen LogP contribution in [0.15, 0.2) is 43.0 Å². The van der Waals surface area contributed by atoms with Crippen LogP contribution in [0.25, 0.3) is 11.3 Å². The monoisotopic (exact) mass is 364 g/mol. The first-order valence-electron chi connectivity index (χ1n) is 8.79. The molecule has 27 heavy (non-hydrogen) atoms. The lowest BCUT2D eigenvalue weighted by molar-refractivity contribution is 0.188. The van der Waals surface area contributed by atoms with Crippen molar-refractivity contribution in [2.45, 2.75) is 25.3 Å². The molecule has 0 saturated carbocycles. The highest BCUT2D eigenvalue weighted by atomic mass is 16.4. The van der Waals surface area contributed by atoms with Crippen molar-refractivity contribution in [3.05, 3.63) is 54.1 Å². The van der Waals surface area contributed by atoms with E-state index in [9.17, 15) is 4.79 Å².